The Hall–Kier alpha value is -1.32. The minimum Gasteiger partial charge on any atom is -0.478 e. The molecule has 5 atom stereocenters. The van der Waals surface area contributed by atoms with Crippen LogP contribution in [0, 0.1) is 23.7 Å². The first-order valence-corrected chi connectivity index (χ1v) is 5.22. The number of hydrogen-bond acceptors (Lipinski definition) is 3. The second kappa shape index (κ2) is 2.62. The van der Waals surface area contributed by atoms with Crippen molar-refractivity contribution in [3.63, 3.8) is 0 Å². The first kappa shape index (κ1) is 8.95. The summed E-state index contributed by atoms with van der Waals surface area (Å²) in [6, 6.07) is 0. The second-order valence-electron chi connectivity index (χ2n) is 4.76. The zero-order chi connectivity index (χ0) is 10.7. The number of ether oxygens (including phenoxy) is 1. The van der Waals surface area contributed by atoms with E-state index in [1.165, 1.54) is 0 Å². The highest BCUT2D eigenvalue weighted by Crippen LogP contribution is 2.59. The van der Waals surface area contributed by atoms with Gasteiger partial charge in [0.15, 0.2) is 0 Å². The number of carboxylic acids is 1. The van der Waals surface area contributed by atoms with E-state index in [-0.39, 0.29) is 35.4 Å². The number of esters is 1. The monoisotopic (exact) mass is 208 g/mol. The minimum absolute atomic E-state index is 0.0684. The molecule has 4 heteroatoms. The van der Waals surface area contributed by atoms with Crippen LogP contribution in [0.2, 0.25) is 0 Å². The number of carboxylic acid groups (broad SMARTS) is 1. The molecule has 1 N–H and O–H groups in total. The maximum Gasteiger partial charge on any atom is 0.331 e. The summed E-state index contributed by atoms with van der Waals surface area (Å²) in [5.41, 5.74) is 0.213. The molecule has 2 saturated heterocycles. The molecule has 0 aromatic heterocycles. The van der Waals surface area contributed by atoms with E-state index in [1.54, 1.807) is 0 Å². The van der Waals surface area contributed by atoms with Gasteiger partial charge in [0.25, 0.3) is 0 Å². The molecule has 5 unspecified atom stereocenters. The van der Waals surface area contributed by atoms with Gasteiger partial charge in [-0.15, -0.1) is 0 Å². The Morgan fingerprint density at radius 2 is 2.20 bits per heavy atom. The Morgan fingerprint density at radius 1 is 1.47 bits per heavy atom. The molecule has 4 aliphatic rings. The second-order valence-corrected chi connectivity index (χ2v) is 4.76. The summed E-state index contributed by atoms with van der Waals surface area (Å²) in [7, 11) is 0. The van der Waals surface area contributed by atoms with Crippen molar-refractivity contribution in [1.29, 1.82) is 0 Å². The third-order valence-electron chi connectivity index (χ3n) is 4.16. The molecule has 0 aromatic carbocycles. The van der Waals surface area contributed by atoms with Crippen molar-refractivity contribution in [2.45, 2.75) is 18.9 Å². The summed E-state index contributed by atoms with van der Waals surface area (Å²) in [4.78, 5) is 22.3. The van der Waals surface area contributed by atoms with Gasteiger partial charge in [-0.2, -0.15) is 0 Å². The molecule has 0 radical (unpaired) electrons. The molecule has 4 nitrogen and oxygen atoms in total. The highest BCUT2D eigenvalue weighted by molar-refractivity contribution is 5.87. The molecule has 0 amide bonds. The lowest BCUT2D eigenvalue weighted by Crippen LogP contribution is -2.47. The Kier molecular flexibility index (Phi) is 1.56. The van der Waals surface area contributed by atoms with Crippen LogP contribution in [-0.4, -0.2) is 23.1 Å². The average Bonchev–Trinajstić information content (AvgIpc) is 2.70. The molecule has 80 valence electrons. The average molecular weight is 208 g/mol. The number of fused-ring (bicyclic) bond motifs is 1. The van der Waals surface area contributed by atoms with Crippen molar-refractivity contribution < 1.29 is 19.4 Å². The SMILES string of the molecule is C=C(C(=O)O)C1C2CC3CC2C(=O)OC31. The first-order valence-electron chi connectivity index (χ1n) is 5.22. The van der Waals surface area contributed by atoms with Crippen LogP contribution in [0.1, 0.15) is 12.8 Å². The highest BCUT2D eigenvalue weighted by atomic mass is 16.5. The van der Waals surface area contributed by atoms with Crippen LogP contribution < -0.4 is 0 Å². The van der Waals surface area contributed by atoms with Gasteiger partial charge >= 0.3 is 11.9 Å². The zero-order valence-electron chi connectivity index (χ0n) is 8.18. The Labute approximate surface area is 86.9 Å². The van der Waals surface area contributed by atoms with Gasteiger partial charge in [-0.25, -0.2) is 4.79 Å². The molecule has 4 rings (SSSR count). The van der Waals surface area contributed by atoms with Crippen molar-refractivity contribution in [2.24, 2.45) is 23.7 Å². The van der Waals surface area contributed by atoms with E-state index >= 15 is 0 Å². The summed E-state index contributed by atoms with van der Waals surface area (Å²) in [5.74, 6) is -0.754. The number of hydrogen-bond donors (Lipinski definition) is 1. The fourth-order valence-electron chi connectivity index (χ4n) is 3.57. The molecule has 2 saturated carbocycles. The number of carbonyl (C=O) groups excluding carboxylic acids is 1. The van der Waals surface area contributed by atoms with Gasteiger partial charge in [0.2, 0.25) is 0 Å². The van der Waals surface area contributed by atoms with Crippen LogP contribution in [0.15, 0.2) is 12.2 Å². The Bertz CT molecular complexity index is 371. The quantitative estimate of drug-likeness (QED) is 0.539. The van der Waals surface area contributed by atoms with Crippen LogP contribution in [0.25, 0.3) is 0 Å². The molecule has 0 aromatic rings. The molecule has 4 bridgehead atoms. The molecular weight excluding hydrogens is 196 g/mol. The lowest BCUT2D eigenvalue weighted by atomic mass is 9.73. The predicted octanol–water partition coefficient (Wildman–Crippen LogP) is 0.825. The lowest BCUT2D eigenvalue weighted by molar-refractivity contribution is -0.176. The van der Waals surface area contributed by atoms with E-state index in [2.05, 4.69) is 6.58 Å². The van der Waals surface area contributed by atoms with Crippen LogP contribution in [-0.2, 0) is 14.3 Å². The maximum atomic E-state index is 11.4. The third kappa shape index (κ3) is 0.967. The largest absolute Gasteiger partial charge is 0.478 e. The van der Waals surface area contributed by atoms with Crippen LogP contribution in [0.3, 0.4) is 0 Å². The standard InChI is InChI=1S/C11H12O4/c1-4(10(12)13)8-6-2-5-3-7(6)11(14)15-9(5)8/h5-9H,1-3H2,(H,12,13). The maximum absolute atomic E-state index is 11.4. The number of rotatable bonds is 2. The van der Waals surface area contributed by atoms with Crippen LogP contribution in [0.5, 0.6) is 0 Å². The highest BCUT2D eigenvalue weighted by Gasteiger charge is 2.62. The van der Waals surface area contributed by atoms with Crippen molar-refractivity contribution in [1.82, 2.24) is 0 Å². The van der Waals surface area contributed by atoms with Crippen LogP contribution in [0.4, 0.5) is 0 Å². The van der Waals surface area contributed by atoms with E-state index in [4.69, 9.17) is 9.84 Å². The summed E-state index contributed by atoms with van der Waals surface area (Å²) in [5, 5.41) is 8.92. The number of carbonyl (C=O) groups is 2. The van der Waals surface area contributed by atoms with Gasteiger partial charge in [-0.3, -0.25) is 4.79 Å². The van der Waals surface area contributed by atoms with E-state index in [1.807, 2.05) is 0 Å². The number of aliphatic carboxylic acids is 1. The van der Waals surface area contributed by atoms with Crippen molar-refractivity contribution in [3.05, 3.63) is 12.2 Å². The minimum atomic E-state index is -0.964. The lowest BCUT2D eigenvalue weighted by Gasteiger charge is -2.40. The summed E-state index contributed by atoms with van der Waals surface area (Å²) in [6.45, 7) is 3.61. The smallest absolute Gasteiger partial charge is 0.331 e. The van der Waals surface area contributed by atoms with Gasteiger partial charge in [-0.05, 0) is 24.7 Å². The zero-order valence-corrected chi connectivity index (χ0v) is 8.18. The van der Waals surface area contributed by atoms with Gasteiger partial charge in [0, 0.05) is 11.5 Å². The van der Waals surface area contributed by atoms with Gasteiger partial charge in [0.1, 0.15) is 6.10 Å². The summed E-state index contributed by atoms with van der Waals surface area (Å²) in [6.07, 6.45) is 1.60. The molecular formula is C11H12O4. The van der Waals surface area contributed by atoms with E-state index in [0.29, 0.717) is 5.92 Å². The normalized spacial score (nSPS) is 45.6. The molecule has 2 heterocycles. The Morgan fingerprint density at radius 3 is 2.80 bits per heavy atom. The van der Waals surface area contributed by atoms with E-state index in [9.17, 15) is 9.59 Å². The topological polar surface area (TPSA) is 63.6 Å². The fourth-order valence-corrected chi connectivity index (χ4v) is 3.57. The van der Waals surface area contributed by atoms with E-state index < -0.39 is 5.97 Å². The third-order valence-corrected chi connectivity index (χ3v) is 4.16. The van der Waals surface area contributed by atoms with Crippen LogP contribution >= 0.6 is 0 Å². The summed E-state index contributed by atoms with van der Waals surface area (Å²) >= 11 is 0. The van der Waals surface area contributed by atoms with Crippen molar-refractivity contribution in [2.75, 3.05) is 0 Å². The summed E-state index contributed by atoms with van der Waals surface area (Å²) < 4.78 is 5.26. The van der Waals surface area contributed by atoms with Crippen molar-refractivity contribution >= 4 is 11.9 Å². The molecule has 2 aliphatic heterocycles. The molecule has 2 aliphatic carbocycles. The molecule has 4 fully saturated rings. The van der Waals surface area contributed by atoms with E-state index in [0.717, 1.165) is 12.8 Å². The molecule has 0 spiro atoms. The predicted molar refractivity (Wildman–Crippen MR) is 49.8 cm³/mol. The Balaban J connectivity index is 1.94. The van der Waals surface area contributed by atoms with Crippen molar-refractivity contribution in [3.8, 4) is 0 Å². The fraction of sp³-hybridized carbons (Fsp3) is 0.636. The molecule has 15 heavy (non-hydrogen) atoms. The van der Waals surface area contributed by atoms with Gasteiger partial charge < -0.3 is 9.84 Å². The first-order chi connectivity index (χ1) is 7.09. The van der Waals surface area contributed by atoms with Gasteiger partial charge in [-0.1, -0.05) is 6.58 Å². The van der Waals surface area contributed by atoms with Gasteiger partial charge in [0.05, 0.1) is 5.92 Å².